The third-order valence-corrected chi connectivity index (χ3v) is 4.85. The number of hydrogen-bond acceptors (Lipinski definition) is 3. The third kappa shape index (κ3) is 4.84. The van der Waals surface area contributed by atoms with Crippen molar-refractivity contribution in [3.63, 3.8) is 0 Å². The molecule has 2 unspecified atom stereocenters. The molecular weight excluding hydrogens is 176 g/mol. The van der Waals surface area contributed by atoms with Crippen LogP contribution in [-0.4, -0.2) is 20.6 Å². The summed E-state index contributed by atoms with van der Waals surface area (Å²) in [5, 5.41) is 0. The number of thiol groups is 1. The lowest BCUT2D eigenvalue weighted by Gasteiger charge is -2.26. The molecule has 0 radical (unpaired) electrons. The predicted molar refractivity (Wildman–Crippen MR) is 53.3 cm³/mol. The first-order valence-electron chi connectivity index (χ1n) is 4.04. The van der Waals surface area contributed by atoms with Crippen molar-refractivity contribution in [2.75, 3.05) is 6.61 Å². The van der Waals surface area contributed by atoms with Crippen LogP contribution in [0.2, 0.25) is 12.6 Å². The van der Waals surface area contributed by atoms with Crippen LogP contribution >= 0.6 is 12.6 Å². The molecule has 0 aliphatic rings. The van der Waals surface area contributed by atoms with Crippen molar-refractivity contribution in [2.24, 2.45) is 0 Å². The van der Waals surface area contributed by atoms with Crippen LogP contribution in [-0.2, 0) is 8.85 Å². The van der Waals surface area contributed by atoms with Gasteiger partial charge in [0.15, 0.2) is 0 Å². The van der Waals surface area contributed by atoms with E-state index in [9.17, 15) is 0 Å². The maximum atomic E-state index is 5.61. The maximum absolute atomic E-state index is 5.61. The highest BCUT2D eigenvalue weighted by molar-refractivity contribution is 7.80. The molecule has 68 valence electrons. The van der Waals surface area contributed by atoms with Crippen LogP contribution in [0, 0.1) is 0 Å². The molecule has 0 bridgehead atoms. The summed E-state index contributed by atoms with van der Waals surface area (Å²) in [5.41, 5.74) is -0.0156. The smallest absolute Gasteiger partial charge is 0.335 e. The van der Waals surface area contributed by atoms with Gasteiger partial charge in [-0.05, 0) is 26.4 Å². The first-order chi connectivity index (χ1) is 5.04. The van der Waals surface area contributed by atoms with Crippen LogP contribution in [0.5, 0.6) is 0 Å². The van der Waals surface area contributed by atoms with Gasteiger partial charge in [-0.1, -0.05) is 6.92 Å². The summed E-state index contributed by atoms with van der Waals surface area (Å²) in [6.07, 6.45) is 0. The Labute approximate surface area is 75.9 Å². The van der Waals surface area contributed by atoms with Crippen LogP contribution in [0.15, 0.2) is 0 Å². The Hall–Kier alpha value is 0.487. The summed E-state index contributed by atoms with van der Waals surface area (Å²) in [5.74, 6) is 0. The van der Waals surface area contributed by atoms with Gasteiger partial charge >= 0.3 is 8.56 Å². The van der Waals surface area contributed by atoms with Gasteiger partial charge in [0, 0.05) is 6.61 Å². The van der Waals surface area contributed by atoms with Crippen LogP contribution in [0.1, 0.15) is 20.8 Å². The van der Waals surface area contributed by atoms with Crippen molar-refractivity contribution in [1.82, 2.24) is 0 Å². The Bertz CT molecular complexity index is 111. The van der Waals surface area contributed by atoms with E-state index < -0.39 is 8.56 Å². The minimum absolute atomic E-state index is 0.0156. The topological polar surface area (TPSA) is 18.5 Å². The molecule has 0 aromatic rings. The second-order valence-corrected chi connectivity index (χ2v) is 6.86. The van der Waals surface area contributed by atoms with Gasteiger partial charge in [-0.2, -0.15) is 0 Å². The lowest BCUT2D eigenvalue weighted by atomic mass is 10.9. The van der Waals surface area contributed by atoms with Gasteiger partial charge in [-0.25, -0.2) is 0 Å². The summed E-state index contributed by atoms with van der Waals surface area (Å²) in [6.45, 7) is 8.81. The lowest BCUT2D eigenvalue weighted by molar-refractivity contribution is 0.176. The fourth-order valence-corrected chi connectivity index (χ4v) is 3.33. The summed E-state index contributed by atoms with van der Waals surface area (Å²) >= 11 is 4.17. The molecule has 0 rings (SSSR count). The van der Waals surface area contributed by atoms with Crippen molar-refractivity contribution < 1.29 is 8.85 Å². The van der Waals surface area contributed by atoms with E-state index in [2.05, 4.69) is 26.1 Å². The van der Waals surface area contributed by atoms with Crippen LogP contribution in [0.25, 0.3) is 0 Å². The standard InChI is InChI=1S/C7H18O2SSi/c1-5-8-11(4,6-2)9-7(3)10/h7,10H,5-6H2,1-4H3. The Morgan fingerprint density at radius 1 is 1.45 bits per heavy atom. The first kappa shape index (κ1) is 11.5. The SMILES string of the molecule is CCO[Si](C)(CC)OC(C)S. The van der Waals surface area contributed by atoms with Gasteiger partial charge in [0.2, 0.25) is 0 Å². The zero-order valence-electron chi connectivity index (χ0n) is 7.76. The monoisotopic (exact) mass is 194 g/mol. The minimum atomic E-state index is -1.86. The van der Waals surface area contributed by atoms with Gasteiger partial charge < -0.3 is 8.85 Å². The normalized spacial score (nSPS) is 19.4. The summed E-state index contributed by atoms with van der Waals surface area (Å²) in [6, 6.07) is 0.978. The highest BCUT2D eigenvalue weighted by Gasteiger charge is 2.29. The van der Waals surface area contributed by atoms with E-state index in [1.807, 2.05) is 13.8 Å². The molecule has 0 aromatic carbocycles. The van der Waals surface area contributed by atoms with Gasteiger partial charge in [-0.3, -0.25) is 0 Å². The van der Waals surface area contributed by atoms with E-state index in [1.54, 1.807) is 0 Å². The second-order valence-electron chi connectivity index (χ2n) is 2.64. The number of hydrogen-bond donors (Lipinski definition) is 1. The molecule has 0 saturated carbocycles. The summed E-state index contributed by atoms with van der Waals surface area (Å²) < 4.78 is 11.2. The summed E-state index contributed by atoms with van der Waals surface area (Å²) in [4.78, 5) is 0. The van der Waals surface area contributed by atoms with Gasteiger partial charge in [0.05, 0.1) is 5.44 Å². The van der Waals surface area contributed by atoms with E-state index in [0.717, 1.165) is 12.7 Å². The van der Waals surface area contributed by atoms with E-state index in [1.165, 1.54) is 0 Å². The van der Waals surface area contributed by atoms with E-state index in [4.69, 9.17) is 8.85 Å². The highest BCUT2D eigenvalue weighted by atomic mass is 32.1. The van der Waals surface area contributed by atoms with Crippen molar-refractivity contribution in [3.05, 3.63) is 0 Å². The van der Waals surface area contributed by atoms with Crippen LogP contribution in [0.3, 0.4) is 0 Å². The third-order valence-electron chi connectivity index (χ3n) is 1.51. The molecule has 11 heavy (non-hydrogen) atoms. The van der Waals surface area contributed by atoms with E-state index >= 15 is 0 Å². The molecule has 4 heteroatoms. The zero-order valence-corrected chi connectivity index (χ0v) is 9.65. The van der Waals surface area contributed by atoms with E-state index in [-0.39, 0.29) is 5.44 Å². The Morgan fingerprint density at radius 3 is 2.27 bits per heavy atom. The van der Waals surface area contributed by atoms with Crippen molar-refractivity contribution in [2.45, 2.75) is 38.8 Å². The summed E-state index contributed by atoms with van der Waals surface area (Å²) in [7, 11) is -1.86. The fourth-order valence-electron chi connectivity index (χ4n) is 0.886. The lowest BCUT2D eigenvalue weighted by Crippen LogP contribution is -2.39. The second kappa shape index (κ2) is 5.19. The highest BCUT2D eigenvalue weighted by Crippen LogP contribution is 2.16. The molecule has 0 aliphatic carbocycles. The Morgan fingerprint density at radius 2 is 2.00 bits per heavy atom. The molecule has 2 atom stereocenters. The molecule has 0 saturated heterocycles. The number of rotatable bonds is 5. The van der Waals surface area contributed by atoms with Crippen molar-refractivity contribution >= 4 is 21.2 Å². The van der Waals surface area contributed by atoms with Gasteiger partial charge in [0.1, 0.15) is 0 Å². The minimum Gasteiger partial charge on any atom is -0.395 e. The zero-order chi connectivity index (χ0) is 8.91. The molecule has 2 nitrogen and oxygen atoms in total. The Kier molecular flexibility index (Phi) is 5.42. The van der Waals surface area contributed by atoms with Gasteiger partial charge in [0.25, 0.3) is 0 Å². The maximum Gasteiger partial charge on any atom is 0.335 e. The molecule has 0 aliphatic heterocycles. The average Bonchev–Trinajstić information content (AvgIpc) is 1.87. The van der Waals surface area contributed by atoms with E-state index in [0.29, 0.717) is 0 Å². The molecule has 0 fully saturated rings. The molecule has 0 heterocycles. The Balaban J connectivity index is 3.87. The van der Waals surface area contributed by atoms with Gasteiger partial charge in [-0.15, -0.1) is 12.6 Å². The average molecular weight is 194 g/mol. The predicted octanol–water partition coefficient (Wildman–Crippen LogP) is 2.41. The van der Waals surface area contributed by atoms with Crippen molar-refractivity contribution in [1.29, 1.82) is 0 Å². The molecular formula is C7H18O2SSi. The first-order valence-corrected chi connectivity index (χ1v) is 7.08. The molecule has 0 amide bonds. The van der Waals surface area contributed by atoms with Crippen LogP contribution < -0.4 is 0 Å². The quantitative estimate of drug-likeness (QED) is 0.411. The molecule has 0 spiro atoms. The largest absolute Gasteiger partial charge is 0.395 e. The van der Waals surface area contributed by atoms with Crippen molar-refractivity contribution in [3.8, 4) is 0 Å². The fraction of sp³-hybridized carbons (Fsp3) is 1.00. The van der Waals surface area contributed by atoms with Crippen LogP contribution in [0.4, 0.5) is 0 Å². The molecule has 0 aromatic heterocycles. The molecule has 0 N–H and O–H groups in total.